The number of amides is 1. The van der Waals surface area contributed by atoms with E-state index < -0.39 is 53.3 Å². The number of hydrogen-bond donors (Lipinski definition) is 1. The van der Waals surface area contributed by atoms with Gasteiger partial charge >= 0.3 is 12.3 Å². The van der Waals surface area contributed by atoms with Gasteiger partial charge in [0.1, 0.15) is 29.3 Å². The van der Waals surface area contributed by atoms with Crippen molar-refractivity contribution < 1.29 is 41.7 Å². The van der Waals surface area contributed by atoms with Gasteiger partial charge < -0.3 is 19.3 Å². The van der Waals surface area contributed by atoms with E-state index in [1.54, 1.807) is 51.1 Å². The van der Waals surface area contributed by atoms with Crippen molar-refractivity contribution in [1.29, 1.82) is 0 Å². The highest BCUT2D eigenvalue weighted by molar-refractivity contribution is 8.14. The summed E-state index contributed by atoms with van der Waals surface area (Å²) in [4.78, 5) is 17.6. The van der Waals surface area contributed by atoms with Crippen molar-refractivity contribution in [3.8, 4) is 0 Å². The number of amidine groups is 1. The molecule has 2 heterocycles. The standard InChI is InChI=1S/C22H28F4N2O5S/c1-20(2,3)33-19(29)28(5)18-27-14-13(23)15(31-11-12-9-7-6-8-10-12)16(32-17(14)34-18)21(4,30)22(24,25)26/h6-10,13-17,30H,11H2,1-5H3/t13-,14-,15+,16+,17-,21+/m1/s1. The molecule has 1 aromatic carbocycles. The van der Waals surface area contributed by atoms with Gasteiger partial charge in [-0.3, -0.25) is 9.89 Å². The van der Waals surface area contributed by atoms with Crippen molar-refractivity contribution in [2.24, 2.45) is 4.99 Å². The van der Waals surface area contributed by atoms with E-state index in [0.717, 1.165) is 16.7 Å². The van der Waals surface area contributed by atoms with Crippen LogP contribution in [0.3, 0.4) is 0 Å². The van der Waals surface area contributed by atoms with Gasteiger partial charge in [0.25, 0.3) is 0 Å². The van der Waals surface area contributed by atoms with Crippen molar-refractivity contribution in [3.05, 3.63) is 35.9 Å². The molecule has 1 saturated heterocycles. The first-order chi connectivity index (χ1) is 15.6. The summed E-state index contributed by atoms with van der Waals surface area (Å²) in [6.07, 6.45) is -11.8. The molecule has 34 heavy (non-hydrogen) atoms. The van der Waals surface area contributed by atoms with E-state index in [0.29, 0.717) is 12.5 Å². The molecular formula is C22H28F4N2O5S. The molecule has 0 saturated carbocycles. The molecule has 12 heteroatoms. The zero-order valence-electron chi connectivity index (χ0n) is 19.4. The average Bonchev–Trinajstić information content (AvgIpc) is 3.15. The summed E-state index contributed by atoms with van der Waals surface area (Å²) < 4.78 is 73.1. The number of thioether (sulfide) groups is 1. The van der Waals surface area contributed by atoms with Crippen LogP contribution in [0.5, 0.6) is 0 Å². The van der Waals surface area contributed by atoms with Crippen molar-refractivity contribution in [2.45, 2.75) is 81.5 Å². The molecule has 190 valence electrons. The molecular weight excluding hydrogens is 480 g/mol. The number of alkyl halides is 4. The lowest BCUT2D eigenvalue weighted by Crippen LogP contribution is -2.65. The van der Waals surface area contributed by atoms with Gasteiger partial charge in [-0.05, 0) is 33.3 Å². The second kappa shape index (κ2) is 9.63. The maximum absolute atomic E-state index is 15.6. The summed E-state index contributed by atoms with van der Waals surface area (Å²) in [6.45, 7) is 5.33. The fourth-order valence-electron chi connectivity index (χ4n) is 3.44. The zero-order valence-corrected chi connectivity index (χ0v) is 20.2. The molecule has 1 amide bonds. The Morgan fingerprint density at radius 2 is 1.82 bits per heavy atom. The minimum atomic E-state index is -5.11. The van der Waals surface area contributed by atoms with E-state index in [1.807, 2.05) is 0 Å². The third-order valence-corrected chi connectivity index (χ3v) is 6.56. The van der Waals surface area contributed by atoms with Gasteiger partial charge in [-0.25, -0.2) is 9.18 Å². The van der Waals surface area contributed by atoms with Crippen LogP contribution in [0.1, 0.15) is 33.3 Å². The Morgan fingerprint density at radius 1 is 1.21 bits per heavy atom. The normalized spacial score (nSPS) is 29.1. The van der Waals surface area contributed by atoms with E-state index in [-0.39, 0.29) is 11.8 Å². The summed E-state index contributed by atoms with van der Waals surface area (Å²) in [5.74, 6) is 0. The van der Waals surface area contributed by atoms with Crippen molar-refractivity contribution in [3.63, 3.8) is 0 Å². The third kappa shape index (κ3) is 5.67. The topological polar surface area (TPSA) is 80.6 Å². The molecule has 0 bridgehead atoms. The summed E-state index contributed by atoms with van der Waals surface area (Å²) in [7, 11) is 1.36. The molecule has 0 spiro atoms. The molecule has 2 aliphatic rings. The number of benzene rings is 1. The van der Waals surface area contributed by atoms with Gasteiger partial charge in [0.2, 0.25) is 0 Å². The summed E-state index contributed by atoms with van der Waals surface area (Å²) in [5.41, 5.74) is -4.79. The Morgan fingerprint density at radius 3 is 2.38 bits per heavy atom. The van der Waals surface area contributed by atoms with E-state index in [4.69, 9.17) is 14.2 Å². The molecule has 0 radical (unpaired) electrons. The van der Waals surface area contributed by atoms with Crippen LogP contribution in [-0.4, -0.2) is 75.6 Å². The second-order valence-corrected chi connectivity index (χ2v) is 10.4. The Labute approximate surface area is 199 Å². The first-order valence-electron chi connectivity index (χ1n) is 10.6. The Kier molecular flexibility index (Phi) is 7.57. The number of ether oxygens (including phenoxy) is 3. The van der Waals surface area contributed by atoms with Gasteiger partial charge in [0.15, 0.2) is 16.9 Å². The van der Waals surface area contributed by atoms with Gasteiger partial charge in [-0.15, -0.1) is 0 Å². The van der Waals surface area contributed by atoms with Crippen molar-refractivity contribution in [2.75, 3.05) is 7.05 Å². The Bertz CT molecular complexity index is 907. The highest BCUT2D eigenvalue weighted by Gasteiger charge is 2.64. The number of hydrogen-bond acceptors (Lipinski definition) is 7. The predicted molar refractivity (Wildman–Crippen MR) is 118 cm³/mol. The van der Waals surface area contributed by atoms with E-state index in [1.165, 1.54) is 7.05 Å². The number of nitrogens with zero attached hydrogens (tertiary/aromatic N) is 2. The fraction of sp³-hybridized carbons (Fsp3) is 0.636. The van der Waals surface area contributed by atoms with Crippen LogP contribution in [0.15, 0.2) is 35.3 Å². The van der Waals surface area contributed by atoms with Gasteiger partial charge in [-0.1, -0.05) is 42.1 Å². The lowest BCUT2D eigenvalue weighted by molar-refractivity contribution is -0.319. The molecule has 3 rings (SSSR count). The number of fused-ring (bicyclic) bond motifs is 1. The highest BCUT2D eigenvalue weighted by atomic mass is 32.2. The Balaban J connectivity index is 1.85. The second-order valence-electron chi connectivity index (χ2n) is 9.34. The van der Waals surface area contributed by atoms with Crippen LogP contribution in [0.25, 0.3) is 0 Å². The first-order valence-corrected chi connectivity index (χ1v) is 11.4. The van der Waals surface area contributed by atoms with Gasteiger partial charge in [0, 0.05) is 7.05 Å². The maximum atomic E-state index is 15.6. The molecule has 1 fully saturated rings. The van der Waals surface area contributed by atoms with Crippen molar-refractivity contribution >= 4 is 23.0 Å². The minimum Gasteiger partial charge on any atom is -0.443 e. The maximum Gasteiger partial charge on any atom is 0.419 e. The molecule has 0 aliphatic carbocycles. The highest BCUT2D eigenvalue weighted by Crippen LogP contribution is 2.46. The molecule has 0 unspecified atom stereocenters. The monoisotopic (exact) mass is 508 g/mol. The number of halogens is 4. The smallest absolute Gasteiger partial charge is 0.419 e. The average molecular weight is 509 g/mol. The summed E-state index contributed by atoms with van der Waals surface area (Å²) >= 11 is 0.787. The molecule has 1 aromatic rings. The third-order valence-electron chi connectivity index (χ3n) is 5.35. The summed E-state index contributed by atoms with van der Waals surface area (Å²) in [6, 6.07) is 7.27. The molecule has 0 aromatic heterocycles. The lowest BCUT2D eigenvalue weighted by atomic mass is 9.87. The van der Waals surface area contributed by atoms with E-state index >= 15 is 4.39 Å². The van der Waals surface area contributed by atoms with Gasteiger partial charge in [0.05, 0.1) is 6.61 Å². The number of carbonyl (C=O) groups is 1. The predicted octanol–water partition coefficient (Wildman–Crippen LogP) is 4.29. The fourth-order valence-corrected chi connectivity index (χ4v) is 4.59. The number of rotatable bonds is 4. The number of aliphatic imine (C=N–C) groups is 1. The quantitative estimate of drug-likeness (QED) is 0.612. The molecule has 6 atom stereocenters. The molecule has 7 nitrogen and oxygen atoms in total. The first kappa shape index (κ1) is 26.7. The van der Waals surface area contributed by atoms with Crippen LogP contribution in [0.4, 0.5) is 22.4 Å². The SMILES string of the molecule is CN(C(=O)OC(C)(C)C)C1=N[C@@H]2[C@@H](F)[C@H](OCc3ccccc3)[C@@H]([C@](C)(O)C(F)(F)F)O[C@@H]2S1. The van der Waals surface area contributed by atoms with Crippen molar-refractivity contribution in [1.82, 2.24) is 4.90 Å². The zero-order chi connectivity index (χ0) is 25.5. The number of carbonyl (C=O) groups excluding carboxylic acids is 1. The van der Waals surface area contributed by atoms with Crippen LogP contribution in [-0.2, 0) is 20.8 Å². The molecule has 1 N–H and O–H groups in total. The lowest BCUT2D eigenvalue weighted by Gasteiger charge is -2.45. The molecule has 2 aliphatic heterocycles. The summed E-state index contributed by atoms with van der Waals surface area (Å²) in [5, 5.41) is 10.4. The Hall–Kier alpha value is -1.89. The van der Waals surface area contributed by atoms with Crippen LogP contribution >= 0.6 is 11.8 Å². The number of aliphatic hydroxyl groups is 1. The van der Waals surface area contributed by atoms with Gasteiger partial charge in [-0.2, -0.15) is 13.2 Å². The minimum absolute atomic E-state index is 0.0287. The van der Waals surface area contributed by atoms with E-state index in [2.05, 4.69) is 4.99 Å². The largest absolute Gasteiger partial charge is 0.443 e. The van der Waals surface area contributed by atoms with Crippen LogP contribution < -0.4 is 0 Å². The van der Waals surface area contributed by atoms with Crippen LogP contribution in [0.2, 0.25) is 0 Å². The van der Waals surface area contributed by atoms with Crippen LogP contribution in [0, 0.1) is 0 Å². The van der Waals surface area contributed by atoms with E-state index in [9.17, 15) is 23.1 Å².